The molecular weight excluding hydrogens is 224 g/mol. The van der Waals surface area contributed by atoms with Crippen molar-refractivity contribution < 1.29 is 8.42 Å². The minimum Gasteiger partial charge on any atom is -0.313 e. The summed E-state index contributed by atoms with van der Waals surface area (Å²) in [7, 11) is -0.0659. The summed E-state index contributed by atoms with van der Waals surface area (Å²) in [6, 6.07) is 7.18. The lowest BCUT2D eigenvalue weighted by Crippen LogP contribution is -2.20. The van der Waals surface area contributed by atoms with Crippen molar-refractivity contribution in [2.45, 2.75) is 24.3 Å². The van der Waals surface area contributed by atoms with Gasteiger partial charge in [0.25, 0.3) is 0 Å². The summed E-state index contributed by atoms with van der Waals surface area (Å²) in [5.74, 6) is 0. The molecule has 1 aromatic rings. The van der Waals surface area contributed by atoms with Gasteiger partial charge in [-0.25, -0.2) is 13.1 Å². The first-order valence-corrected chi connectivity index (χ1v) is 6.74. The highest BCUT2D eigenvalue weighted by Gasteiger charge is 2.13. The van der Waals surface area contributed by atoms with Crippen molar-refractivity contribution in [1.82, 2.24) is 10.0 Å². The molecule has 1 aromatic carbocycles. The van der Waals surface area contributed by atoms with Crippen LogP contribution in [0.1, 0.15) is 24.9 Å². The second kappa shape index (κ2) is 5.43. The van der Waals surface area contributed by atoms with E-state index in [1.807, 2.05) is 13.1 Å². The lowest BCUT2D eigenvalue weighted by Gasteiger charge is -2.15. The molecule has 0 spiro atoms. The Kier molecular flexibility index (Phi) is 4.46. The first-order valence-electron chi connectivity index (χ1n) is 5.26. The van der Waals surface area contributed by atoms with Gasteiger partial charge in [0.2, 0.25) is 10.0 Å². The standard InChI is InChI=1S/C11H18N2O2S/c1-4-11(12-2)9-6-5-7-10(8-9)16(14,15)13-3/h5-8,11-13H,4H2,1-3H3. The maximum absolute atomic E-state index is 11.6. The lowest BCUT2D eigenvalue weighted by atomic mass is 10.1. The minimum atomic E-state index is -3.35. The van der Waals surface area contributed by atoms with Crippen molar-refractivity contribution in [2.24, 2.45) is 0 Å². The largest absolute Gasteiger partial charge is 0.313 e. The van der Waals surface area contributed by atoms with Crippen LogP contribution in [-0.4, -0.2) is 22.5 Å². The fourth-order valence-corrected chi connectivity index (χ4v) is 2.41. The predicted molar refractivity (Wildman–Crippen MR) is 64.8 cm³/mol. The highest BCUT2D eigenvalue weighted by Crippen LogP contribution is 2.19. The Balaban J connectivity index is 3.14. The van der Waals surface area contributed by atoms with E-state index < -0.39 is 10.0 Å². The van der Waals surface area contributed by atoms with E-state index in [-0.39, 0.29) is 6.04 Å². The smallest absolute Gasteiger partial charge is 0.240 e. The van der Waals surface area contributed by atoms with Crippen LogP contribution in [-0.2, 0) is 10.0 Å². The second-order valence-electron chi connectivity index (χ2n) is 3.53. The molecule has 1 atom stereocenters. The topological polar surface area (TPSA) is 58.2 Å². The Morgan fingerprint density at radius 2 is 2.00 bits per heavy atom. The third-order valence-electron chi connectivity index (χ3n) is 2.60. The van der Waals surface area contributed by atoms with E-state index in [1.54, 1.807) is 18.2 Å². The van der Waals surface area contributed by atoms with Gasteiger partial charge in [-0.3, -0.25) is 0 Å². The summed E-state index contributed by atoms with van der Waals surface area (Å²) >= 11 is 0. The molecule has 0 aromatic heterocycles. The quantitative estimate of drug-likeness (QED) is 0.817. The first kappa shape index (κ1) is 13.2. The molecule has 4 nitrogen and oxygen atoms in total. The summed E-state index contributed by atoms with van der Waals surface area (Å²) in [5.41, 5.74) is 0.987. The minimum absolute atomic E-state index is 0.187. The molecule has 0 radical (unpaired) electrons. The number of hydrogen-bond acceptors (Lipinski definition) is 3. The van der Waals surface area contributed by atoms with Gasteiger partial charge < -0.3 is 5.32 Å². The molecule has 0 amide bonds. The van der Waals surface area contributed by atoms with Gasteiger partial charge in [-0.15, -0.1) is 0 Å². The molecule has 1 rings (SSSR count). The van der Waals surface area contributed by atoms with E-state index in [0.717, 1.165) is 12.0 Å². The molecule has 0 saturated carbocycles. The van der Waals surface area contributed by atoms with Crippen molar-refractivity contribution in [3.8, 4) is 0 Å². The van der Waals surface area contributed by atoms with Gasteiger partial charge >= 0.3 is 0 Å². The summed E-state index contributed by atoms with van der Waals surface area (Å²) in [4.78, 5) is 0.307. The van der Waals surface area contributed by atoms with Gasteiger partial charge in [0, 0.05) is 6.04 Å². The third kappa shape index (κ3) is 2.81. The van der Waals surface area contributed by atoms with E-state index in [9.17, 15) is 8.42 Å². The van der Waals surface area contributed by atoms with Crippen molar-refractivity contribution in [3.05, 3.63) is 29.8 Å². The fraction of sp³-hybridized carbons (Fsp3) is 0.455. The van der Waals surface area contributed by atoms with Gasteiger partial charge in [0.15, 0.2) is 0 Å². The Hall–Kier alpha value is -0.910. The van der Waals surface area contributed by atoms with Crippen LogP contribution in [0.5, 0.6) is 0 Å². The van der Waals surface area contributed by atoms with Crippen LogP contribution in [0.2, 0.25) is 0 Å². The second-order valence-corrected chi connectivity index (χ2v) is 5.42. The highest BCUT2D eigenvalue weighted by molar-refractivity contribution is 7.89. The highest BCUT2D eigenvalue weighted by atomic mass is 32.2. The van der Waals surface area contributed by atoms with Crippen molar-refractivity contribution in [2.75, 3.05) is 14.1 Å². The molecule has 90 valence electrons. The molecule has 2 N–H and O–H groups in total. The molecule has 0 aliphatic rings. The molecule has 0 fully saturated rings. The molecule has 0 saturated heterocycles. The number of rotatable bonds is 5. The maximum Gasteiger partial charge on any atom is 0.240 e. The van der Waals surface area contributed by atoms with Crippen molar-refractivity contribution >= 4 is 10.0 Å². The van der Waals surface area contributed by atoms with Crippen LogP contribution < -0.4 is 10.0 Å². The van der Waals surface area contributed by atoms with Crippen molar-refractivity contribution in [3.63, 3.8) is 0 Å². The molecule has 1 unspecified atom stereocenters. The Bertz CT molecular complexity index is 439. The summed E-state index contributed by atoms with van der Waals surface area (Å²) in [5, 5.41) is 3.15. The van der Waals surface area contributed by atoms with E-state index in [0.29, 0.717) is 4.90 Å². The monoisotopic (exact) mass is 242 g/mol. The Labute approximate surface area is 97.1 Å². The molecule has 0 aliphatic carbocycles. The zero-order chi connectivity index (χ0) is 12.2. The molecular formula is C11H18N2O2S. The van der Waals surface area contributed by atoms with Crippen LogP contribution in [0.4, 0.5) is 0 Å². The van der Waals surface area contributed by atoms with Gasteiger partial charge in [0.05, 0.1) is 4.90 Å². The summed E-state index contributed by atoms with van der Waals surface area (Å²) in [6.45, 7) is 2.06. The van der Waals surface area contributed by atoms with E-state index >= 15 is 0 Å². The van der Waals surface area contributed by atoms with E-state index in [1.165, 1.54) is 7.05 Å². The zero-order valence-electron chi connectivity index (χ0n) is 9.82. The van der Waals surface area contributed by atoms with Crippen LogP contribution in [0.25, 0.3) is 0 Å². The fourth-order valence-electron chi connectivity index (χ4n) is 1.62. The normalized spacial score (nSPS) is 13.7. The van der Waals surface area contributed by atoms with Gasteiger partial charge in [0.1, 0.15) is 0 Å². The van der Waals surface area contributed by atoms with Gasteiger partial charge in [-0.05, 0) is 38.2 Å². The first-order chi connectivity index (χ1) is 7.55. The lowest BCUT2D eigenvalue weighted by molar-refractivity contribution is 0.572. The van der Waals surface area contributed by atoms with Gasteiger partial charge in [-0.1, -0.05) is 19.1 Å². The molecule has 0 aliphatic heterocycles. The van der Waals surface area contributed by atoms with E-state index in [4.69, 9.17) is 0 Å². The van der Waals surface area contributed by atoms with E-state index in [2.05, 4.69) is 17.0 Å². The molecule has 0 bridgehead atoms. The van der Waals surface area contributed by atoms with Crippen LogP contribution in [0.3, 0.4) is 0 Å². The SMILES string of the molecule is CCC(NC)c1cccc(S(=O)(=O)NC)c1. The number of sulfonamides is 1. The third-order valence-corrected chi connectivity index (χ3v) is 4.01. The molecule has 5 heteroatoms. The predicted octanol–water partition coefficient (Wildman–Crippen LogP) is 1.27. The molecule has 0 heterocycles. The number of hydrogen-bond donors (Lipinski definition) is 2. The van der Waals surface area contributed by atoms with Gasteiger partial charge in [-0.2, -0.15) is 0 Å². The van der Waals surface area contributed by atoms with Crippen LogP contribution in [0.15, 0.2) is 29.2 Å². The Morgan fingerprint density at radius 1 is 1.31 bits per heavy atom. The van der Waals surface area contributed by atoms with Crippen LogP contribution >= 0.6 is 0 Å². The number of nitrogens with one attached hydrogen (secondary N) is 2. The summed E-state index contributed by atoms with van der Waals surface area (Å²) in [6.07, 6.45) is 0.916. The summed E-state index contributed by atoms with van der Waals surface area (Å²) < 4.78 is 25.6. The number of benzene rings is 1. The average molecular weight is 242 g/mol. The van der Waals surface area contributed by atoms with Crippen LogP contribution in [0, 0.1) is 0 Å². The van der Waals surface area contributed by atoms with Crippen molar-refractivity contribution in [1.29, 1.82) is 0 Å². The average Bonchev–Trinajstić information content (AvgIpc) is 2.31. The maximum atomic E-state index is 11.6. The zero-order valence-corrected chi connectivity index (χ0v) is 10.6. The Morgan fingerprint density at radius 3 is 2.50 bits per heavy atom. The molecule has 16 heavy (non-hydrogen) atoms.